The highest BCUT2D eigenvalue weighted by Crippen LogP contribution is 2.46. The lowest BCUT2D eigenvalue weighted by Crippen LogP contribution is -2.55. The number of aromatic nitrogens is 1. The minimum atomic E-state index is -1.15. The van der Waals surface area contributed by atoms with E-state index in [-0.39, 0.29) is 5.41 Å². The topological polar surface area (TPSA) is 97.9 Å². The minimum Gasteiger partial charge on any atom is -0.487 e. The number of hydrogen-bond acceptors (Lipinski definition) is 6. The van der Waals surface area contributed by atoms with Crippen LogP contribution in [-0.2, 0) is 17.0 Å². The second-order valence-electron chi connectivity index (χ2n) is 12.1. The summed E-state index contributed by atoms with van der Waals surface area (Å²) in [5, 5.41) is 12.4. The van der Waals surface area contributed by atoms with Gasteiger partial charge in [0.15, 0.2) is 5.60 Å². The van der Waals surface area contributed by atoms with Gasteiger partial charge in [0.1, 0.15) is 18.1 Å². The van der Waals surface area contributed by atoms with E-state index in [1.54, 1.807) is 26.1 Å². The van der Waals surface area contributed by atoms with Crippen molar-refractivity contribution in [3.8, 4) is 11.5 Å². The number of fused-ring (bicyclic) bond motifs is 2. The molecule has 0 radical (unpaired) electrons. The zero-order valence-corrected chi connectivity index (χ0v) is 24.9. The Morgan fingerprint density at radius 1 is 1.20 bits per heavy atom. The van der Waals surface area contributed by atoms with Crippen molar-refractivity contribution < 1.29 is 19.4 Å². The van der Waals surface area contributed by atoms with Crippen LogP contribution in [-0.4, -0.2) is 46.1 Å². The van der Waals surface area contributed by atoms with E-state index in [9.17, 15) is 9.90 Å². The SMILES string of the molecule is CC(C)(Oc1ccc2c(c1)/C(=C/CCN1CCC(O)(c3ccc(Cl)cc3)C(C)(C)C1)c1cccnc1CO2)C(N)=O. The van der Waals surface area contributed by atoms with E-state index in [1.807, 2.05) is 42.5 Å². The molecule has 1 amide bonds. The van der Waals surface area contributed by atoms with Crippen molar-refractivity contribution in [3.05, 3.63) is 94.3 Å². The third-order valence-corrected chi connectivity index (χ3v) is 8.65. The van der Waals surface area contributed by atoms with Gasteiger partial charge < -0.3 is 25.2 Å². The molecule has 5 rings (SSSR count). The van der Waals surface area contributed by atoms with Gasteiger partial charge in [-0.3, -0.25) is 9.78 Å². The first-order chi connectivity index (χ1) is 19.4. The van der Waals surface area contributed by atoms with Crippen LogP contribution in [0.4, 0.5) is 0 Å². The van der Waals surface area contributed by atoms with Crippen LogP contribution in [0.5, 0.6) is 11.5 Å². The quantitative estimate of drug-likeness (QED) is 0.374. The number of nitrogens with zero attached hydrogens (tertiary/aromatic N) is 2. The summed E-state index contributed by atoms with van der Waals surface area (Å²) in [6, 6.07) is 17.1. The summed E-state index contributed by atoms with van der Waals surface area (Å²) < 4.78 is 12.1. The number of piperidine rings is 1. The molecular weight excluding hydrogens is 538 g/mol. The smallest absolute Gasteiger partial charge is 0.261 e. The molecule has 1 unspecified atom stereocenters. The molecular formula is C33H38ClN3O4. The molecule has 8 heteroatoms. The Morgan fingerprint density at radius 2 is 1.95 bits per heavy atom. The maximum Gasteiger partial charge on any atom is 0.261 e. The van der Waals surface area contributed by atoms with Gasteiger partial charge in [-0.15, -0.1) is 0 Å². The Labute approximate surface area is 246 Å². The minimum absolute atomic E-state index is 0.356. The van der Waals surface area contributed by atoms with Crippen molar-refractivity contribution in [2.45, 2.75) is 58.3 Å². The maximum absolute atomic E-state index is 11.9. The number of hydrogen-bond donors (Lipinski definition) is 2. The summed E-state index contributed by atoms with van der Waals surface area (Å²) in [7, 11) is 0. The predicted molar refractivity (Wildman–Crippen MR) is 161 cm³/mol. The van der Waals surface area contributed by atoms with Gasteiger partial charge in [-0.1, -0.05) is 49.7 Å². The summed E-state index contributed by atoms with van der Waals surface area (Å²) in [5.74, 6) is 0.723. The van der Waals surface area contributed by atoms with Crippen LogP contribution in [0.3, 0.4) is 0 Å². The van der Waals surface area contributed by atoms with Crippen LogP contribution in [0.1, 0.15) is 62.9 Å². The molecule has 7 nitrogen and oxygen atoms in total. The van der Waals surface area contributed by atoms with Crippen LogP contribution in [0.25, 0.3) is 5.57 Å². The number of primary amides is 1. The molecule has 3 aromatic rings. The number of halogens is 1. The Kier molecular flexibility index (Phi) is 7.90. The average Bonchev–Trinajstić information content (AvgIpc) is 3.07. The van der Waals surface area contributed by atoms with Gasteiger partial charge >= 0.3 is 0 Å². The second kappa shape index (κ2) is 11.1. The van der Waals surface area contributed by atoms with Gasteiger partial charge in [0.05, 0.1) is 11.3 Å². The summed E-state index contributed by atoms with van der Waals surface area (Å²) in [6.07, 6.45) is 5.43. The van der Waals surface area contributed by atoms with Gasteiger partial charge in [-0.2, -0.15) is 0 Å². The molecule has 1 aromatic heterocycles. The lowest BCUT2D eigenvalue weighted by Gasteiger charge is -2.50. The molecule has 1 saturated heterocycles. The Balaban J connectivity index is 1.39. The molecule has 0 aliphatic carbocycles. The van der Waals surface area contributed by atoms with Gasteiger partial charge in [0, 0.05) is 47.4 Å². The Morgan fingerprint density at radius 3 is 2.66 bits per heavy atom. The van der Waals surface area contributed by atoms with Crippen LogP contribution in [0.2, 0.25) is 5.02 Å². The van der Waals surface area contributed by atoms with Crippen molar-refractivity contribution >= 4 is 23.1 Å². The third kappa shape index (κ3) is 5.85. The number of pyridine rings is 1. The number of carbonyl (C=O) groups is 1. The normalized spacial score (nSPS) is 21.4. The van der Waals surface area contributed by atoms with Gasteiger partial charge in [0.25, 0.3) is 5.91 Å². The van der Waals surface area contributed by atoms with Crippen LogP contribution >= 0.6 is 11.6 Å². The van der Waals surface area contributed by atoms with Crippen molar-refractivity contribution in [2.24, 2.45) is 11.1 Å². The third-order valence-electron chi connectivity index (χ3n) is 8.40. The summed E-state index contributed by atoms with van der Waals surface area (Å²) in [4.78, 5) is 18.9. The molecule has 2 aliphatic heterocycles. The van der Waals surface area contributed by atoms with Crippen molar-refractivity contribution in [1.29, 1.82) is 0 Å². The number of aliphatic hydroxyl groups is 1. The number of likely N-dealkylation sites (tertiary alicyclic amines) is 1. The van der Waals surface area contributed by atoms with E-state index in [0.717, 1.165) is 59.8 Å². The molecule has 3 N–H and O–H groups in total. The first-order valence-electron chi connectivity index (χ1n) is 14.0. The Hall–Kier alpha value is -3.39. The zero-order chi connectivity index (χ0) is 29.4. The molecule has 1 atom stereocenters. The highest BCUT2D eigenvalue weighted by Gasteiger charge is 2.48. The summed E-state index contributed by atoms with van der Waals surface area (Å²) in [5.41, 5.74) is 7.78. The molecule has 2 aliphatic rings. The maximum atomic E-state index is 11.9. The van der Waals surface area contributed by atoms with Crippen LogP contribution in [0, 0.1) is 5.41 Å². The molecule has 216 valence electrons. The van der Waals surface area contributed by atoms with Crippen LogP contribution in [0.15, 0.2) is 66.9 Å². The zero-order valence-electron chi connectivity index (χ0n) is 24.1. The van der Waals surface area contributed by atoms with E-state index in [2.05, 4.69) is 35.9 Å². The monoisotopic (exact) mass is 575 g/mol. The van der Waals surface area contributed by atoms with E-state index < -0.39 is 17.1 Å². The fourth-order valence-corrected chi connectivity index (χ4v) is 5.96. The number of amides is 1. The average molecular weight is 576 g/mol. The lowest BCUT2D eigenvalue weighted by molar-refractivity contribution is -0.130. The van der Waals surface area contributed by atoms with E-state index >= 15 is 0 Å². The van der Waals surface area contributed by atoms with Crippen LogP contribution < -0.4 is 15.2 Å². The number of ether oxygens (including phenoxy) is 2. The number of nitrogens with two attached hydrogens (primary N) is 1. The fourth-order valence-electron chi connectivity index (χ4n) is 5.83. The first kappa shape index (κ1) is 29.1. The van der Waals surface area contributed by atoms with E-state index in [1.165, 1.54) is 0 Å². The van der Waals surface area contributed by atoms with Crippen molar-refractivity contribution in [1.82, 2.24) is 9.88 Å². The first-order valence-corrected chi connectivity index (χ1v) is 14.4. The largest absolute Gasteiger partial charge is 0.487 e. The number of carbonyl (C=O) groups excluding carboxylic acids is 1. The molecule has 3 heterocycles. The lowest BCUT2D eigenvalue weighted by atomic mass is 9.66. The highest BCUT2D eigenvalue weighted by molar-refractivity contribution is 6.30. The number of benzene rings is 2. The molecule has 1 fully saturated rings. The summed E-state index contributed by atoms with van der Waals surface area (Å²) >= 11 is 6.10. The molecule has 2 aromatic carbocycles. The molecule has 0 saturated carbocycles. The second-order valence-corrected chi connectivity index (χ2v) is 12.5. The van der Waals surface area contributed by atoms with Crippen molar-refractivity contribution in [2.75, 3.05) is 19.6 Å². The van der Waals surface area contributed by atoms with Crippen molar-refractivity contribution in [3.63, 3.8) is 0 Å². The standard InChI is InChI=1S/C33H38ClN3O4/c1-31(2)21-37(18-15-33(31,39)22-9-11-23(34)12-10-22)17-6-8-25-26-7-5-16-36-28(26)20-40-29-14-13-24(19-27(25)29)41-32(3,4)30(35)38/h5,7-14,16,19,39H,6,15,17-18,20-21H2,1-4H3,(H2,35,38)/b25-8+. The van der Waals surface area contributed by atoms with Gasteiger partial charge in [-0.05, 0) is 74.2 Å². The molecule has 0 bridgehead atoms. The molecule has 0 spiro atoms. The predicted octanol–water partition coefficient (Wildman–Crippen LogP) is 5.71. The highest BCUT2D eigenvalue weighted by atomic mass is 35.5. The van der Waals surface area contributed by atoms with Gasteiger partial charge in [0.2, 0.25) is 0 Å². The number of rotatable bonds is 7. The van der Waals surface area contributed by atoms with E-state index in [0.29, 0.717) is 23.8 Å². The van der Waals surface area contributed by atoms with E-state index in [4.69, 9.17) is 26.8 Å². The van der Waals surface area contributed by atoms with Gasteiger partial charge in [-0.25, -0.2) is 0 Å². The Bertz CT molecular complexity index is 1470. The summed E-state index contributed by atoms with van der Waals surface area (Å²) in [6.45, 7) is 10.3. The fraction of sp³-hybridized carbons (Fsp3) is 0.394. The molecule has 41 heavy (non-hydrogen) atoms.